The lowest BCUT2D eigenvalue weighted by Crippen LogP contribution is -2.57. The van der Waals surface area contributed by atoms with E-state index in [1.165, 1.54) is 0 Å². The van der Waals surface area contributed by atoms with E-state index in [2.05, 4.69) is 36.9 Å². The molecule has 0 saturated carbocycles. The van der Waals surface area contributed by atoms with Crippen LogP contribution in [0.5, 0.6) is 0 Å². The van der Waals surface area contributed by atoms with Gasteiger partial charge in [-0.25, -0.2) is 9.59 Å². The van der Waals surface area contributed by atoms with E-state index in [0.717, 1.165) is 22.0 Å². The molecule has 298 valence electrons. The molecule has 0 aliphatic heterocycles. The van der Waals surface area contributed by atoms with E-state index in [0.29, 0.717) is 24.9 Å². The van der Waals surface area contributed by atoms with Gasteiger partial charge in [0.05, 0.1) is 6.42 Å². The zero-order valence-electron chi connectivity index (χ0n) is 31.9. The largest absolute Gasteiger partial charge is 0.481 e. The van der Waals surface area contributed by atoms with E-state index in [9.17, 15) is 33.9 Å². The second kappa shape index (κ2) is 20.9. The summed E-state index contributed by atoms with van der Waals surface area (Å²) in [6.45, 7) is 5.51. The van der Waals surface area contributed by atoms with Gasteiger partial charge in [-0.15, -0.1) is 0 Å². The van der Waals surface area contributed by atoms with Crippen LogP contribution in [0.3, 0.4) is 0 Å². The molecule has 56 heavy (non-hydrogen) atoms. The lowest BCUT2D eigenvalue weighted by Gasteiger charge is -2.26. The van der Waals surface area contributed by atoms with Crippen LogP contribution in [-0.2, 0) is 36.8 Å². The van der Waals surface area contributed by atoms with E-state index >= 15 is 0 Å². The second-order valence-electron chi connectivity index (χ2n) is 14.3. The zero-order valence-corrected chi connectivity index (χ0v) is 31.9. The first kappa shape index (κ1) is 42.4. The Hall–Kier alpha value is -6.38. The normalized spacial score (nSPS) is 12.7. The number of aliphatic carboxylic acids is 1. The first-order valence-electron chi connectivity index (χ1n) is 18.6. The number of carbonyl (C=O) groups is 6. The van der Waals surface area contributed by atoms with E-state index in [1.807, 2.05) is 60.7 Å². The minimum atomic E-state index is -1.44. The molecule has 3 aromatic carbocycles. The number of aromatic amines is 1. The number of amides is 6. The monoisotopic (exact) mass is 769 g/mol. The van der Waals surface area contributed by atoms with Crippen LogP contribution in [0.15, 0.2) is 91.1 Å². The topological polar surface area (TPSA) is 220 Å². The molecule has 6 amide bonds. The number of benzene rings is 3. The Balaban J connectivity index is 1.48. The van der Waals surface area contributed by atoms with Crippen molar-refractivity contribution in [1.82, 2.24) is 31.6 Å². The highest BCUT2D eigenvalue weighted by molar-refractivity contribution is 5.95. The van der Waals surface area contributed by atoms with Gasteiger partial charge in [0.1, 0.15) is 23.7 Å². The van der Waals surface area contributed by atoms with Crippen LogP contribution in [0, 0.1) is 0 Å². The molecule has 1 heterocycles. The van der Waals surface area contributed by atoms with Crippen molar-refractivity contribution in [3.8, 4) is 0 Å². The number of hydrogen-bond acceptors (Lipinski definition) is 7. The van der Waals surface area contributed by atoms with Gasteiger partial charge in [0, 0.05) is 42.3 Å². The van der Waals surface area contributed by atoms with Crippen LogP contribution in [0.2, 0.25) is 0 Å². The van der Waals surface area contributed by atoms with Gasteiger partial charge < -0.3 is 46.7 Å². The fraction of sp³-hybridized carbons (Fsp3) is 0.366. The van der Waals surface area contributed by atoms with Crippen LogP contribution in [0.25, 0.3) is 10.9 Å². The molecule has 15 nitrogen and oxygen atoms in total. The number of urea groups is 1. The second-order valence-corrected chi connectivity index (χ2v) is 14.3. The smallest absolute Gasteiger partial charge is 0.408 e. The third kappa shape index (κ3) is 14.5. The van der Waals surface area contributed by atoms with Gasteiger partial charge in [-0.05, 0) is 75.8 Å². The highest BCUT2D eigenvalue weighted by Gasteiger charge is 2.32. The molecule has 0 radical (unpaired) electrons. The zero-order chi connectivity index (χ0) is 40.5. The van der Waals surface area contributed by atoms with E-state index < -0.39 is 66.0 Å². The Kier molecular flexibility index (Phi) is 15.8. The maximum absolute atomic E-state index is 14.0. The molecule has 0 spiro atoms. The van der Waals surface area contributed by atoms with Crippen LogP contribution in [0.1, 0.15) is 57.6 Å². The summed E-state index contributed by atoms with van der Waals surface area (Å²) in [5.41, 5.74) is 2.27. The Morgan fingerprint density at radius 1 is 0.714 bits per heavy atom. The number of hydrogen-bond donors (Lipinski definition) is 8. The highest BCUT2D eigenvalue weighted by atomic mass is 16.6. The lowest BCUT2D eigenvalue weighted by atomic mass is 10.0. The predicted octanol–water partition coefficient (Wildman–Crippen LogP) is 4.40. The molecule has 8 N–H and O–H groups in total. The Morgan fingerprint density at radius 2 is 1.36 bits per heavy atom. The highest BCUT2D eigenvalue weighted by Crippen LogP contribution is 2.20. The van der Waals surface area contributed by atoms with Crippen molar-refractivity contribution in [2.24, 2.45) is 0 Å². The maximum atomic E-state index is 14.0. The average Bonchev–Trinajstić information content (AvgIpc) is 3.56. The van der Waals surface area contributed by atoms with Crippen molar-refractivity contribution in [1.29, 1.82) is 0 Å². The van der Waals surface area contributed by atoms with Gasteiger partial charge in [0.25, 0.3) is 0 Å². The Morgan fingerprint density at radius 3 is 2.05 bits per heavy atom. The number of para-hydroxylation sites is 2. The molecule has 1 aromatic heterocycles. The molecule has 4 rings (SSSR count). The Labute approximate surface area is 325 Å². The summed E-state index contributed by atoms with van der Waals surface area (Å²) < 4.78 is 5.45. The fourth-order valence-corrected chi connectivity index (χ4v) is 5.85. The summed E-state index contributed by atoms with van der Waals surface area (Å²) in [6, 6.07) is 21.4. The molecule has 15 heteroatoms. The summed E-state index contributed by atoms with van der Waals surface area (Å²) in [5.74, 6) is -3.50. The van der Waals surface area contributed by atoms with Crippen molar-refractivity contribution in [2.75, 3.05) is 18.4 Å². The number of nitrogens with one attached hydrogen (secondary N) is 7. The van der Waals surface area contributed by atoms with Gasteiger partial charge in [-0.3, -0.25) is 19.2 Å². The molecule has 3 atom stereocenters. The third-order valence-corrected chi connectivity index (χ3v) is 8.54. The summed E-state index contributed by atoms with van der Waals surface area (Å²) in [7, 11) is 0. The van der Waals surface area contributed by atoms with E-state index in [1.54, 1.807) is 51.2 Å². The number of anilines is 1. The quantitative estimate of drug-likeness (QED) is 0.0638. The lowest BCUT2D eigenvalue weighted by molar-refractivity contribution is -0.141. The standard InChI is InChI=1S/C41H51N7O8/c1-41(2,3)56-40(55)48-33(24-28-26-44-31-19-11-10-18-30(28)31)38(53)46-32(20-12-13-22-43-39(54)45-29-16-8-5-9-17-29)37(52)47-34(25-35(49)50)36(51)42-23-21-27-14-6-4-7-15-27/h4-11,14-19,26,32-34,44H,12-13,20-25H2,1-3H3,(H,42,51)(H,46,53)(H,47,52)(H,48,55)(H,49,50)(H2,43,45,54)/t32-,33-,34-/m0/s1. The average molecular weight is 770 g/mol. The summed E-state index contributed by atoms with van der Waals surface area (Å²) in [6.07, 6.45) is 1.52. The molecule has 0 aliphatic rings. The number of carbonyl (C=O) groups excluding carboxylic acids is 5. The number of unbranched alkanes of at least 4 members (excludes halogenated alkanes) is 1. The number of fused-ring (bicyclic) bond motifs is 1. The number of rotatable bonds is 19. The van der Waals surface area contributed by atoms with Crippen molar-refractivity contribution < 1.29 is 38.6 Å². The number of carboxylic acids is 1. The SMILES string of the molecule is CC(C)(C)OC(=O)N[C@@H](Cc1c[nH]c2ccccc12)C(=O)N[C@@H](CCCCNC(=O)Nc1ccccc1)C(=O)N[C@@H](CC(=O)O)C(=O)NCCc1ccccc1. The van der Waals surface area contributed by atoms with Gasteiger partial charge in [0.2, 0.25) is 17.7 Å². The van der Waals surface area contributed by atoms with Crippen LogP contribution < -0.4 is 31.9 Å². The molecule has 0 fully saturated rings. The minimum absolute atomic E-state index is 0.0370. The van der Waals surface area contributed by atoms with E-state index in [-0.39, 0.29) is 25.9 Å². The van der Waals surface area contributed by atoms with E-state index in [4.69, 9.17) is 4.74 Å². The fourth-order valence-electron chi connectivity index (χ4n) is 5.85. The van der Waals surface area contributed by atoms with Gasteiger partial charge in [-0.1, -0.05) is 66.7 Å². The number of ether oxygens (including phenoxy) is 1. The summed E-state index contributed by atoms with van der Waals surface area (Å²) in [5, 5.41) is 26.5. The molecule has 4 aromatic rings. The predicted molar refractivity (Wildman–Crippen MR) is 212 cm³/mol. The van der Waals surface area contributed by atoms with Crippen molar-refractivity contribution in [3.63, 3.8) is 0 Å². The van der Waals surface area contributed by atoms with Gasteiger partial charge in [-0.2, -0.15) is 0 Å². The third-order valence-electron chi connectivity index (χ3n) is 8.54. The number of carboxylic acid groups (broad SMARTS) is 1. The summed E-state index contributed by atoms with van der Waals surface area (Å²) >= 11 is 0. The number of alkyl carbamates (subject to hydrolysis) is 1. The Bertz CT molecular complexity index is 1930. The first-order valence-corrected chi connectivity index (χ1v) is 18.6. The minimum Gasteiger partial charge on any atom is -0.481 e. The van der Waals surface area contributed by atoms with Crippen LogP contribution in [-0.4, -0.2) is 82.7 Å². The van der Waals surface area contributed by atoms with Crippen LogP contribution >= 0.6 is 0 Å². The first-order chi connectivity index (χ1) is 26.8. The molecular weight excluding hydrogens is 718 g/mol. The van der Waals surface area contributed by atoms with Crippen LogP contribution in [0.4, 0.5) is 15.3 Å². The van der Waals surface area contributed by atoms with Crippen molar-refractivity contribution in [3.05, 3.63) is 102 Å². The molecule has 0 unspecified atom stereocenters. The summed E-state index contributed by atoms with van der Waals surface area (Å²) in [4.78, 5) is 81.4. The number of H-pyrrole nitrogens is 1. The maximum Gasteiger partial charge on any atom is 0.408 e. The molecule has 0 aliphatic carbocycles. The molecule has 0 bridgehead atoms. The molecule has 0 saturated heterocycles. The number of aromatic nitrogens is 1. The van der Waals surface area contributed by atoms with Gasteiger partial charge >= 0.3 is 18.1 Å². The molecular formula is C41H51N7O8. The van der Waals surface area contributed by atoms with Crippen molar-refractivity contribution in [2.45, 2.75) is 83.0 Å². The van der Waals surface area contributed by atoms with Gasteiger partial charge in [0.15, 0.2) is 0 Å². The van der Waals surface area contributed by atoms with Crippen molar-refractivity contribution >= 4 is 52.4 Å².